The lowest BCUT2D eigenvalue weighted by Crippen LogP contribution is -2.30. The Bertz CT molecular complexity index is 689. The maximum Gasteiger partial charge on any atom is 0.261 e. The Morgan fingerprint density at radius 2 is 2.05 bits per heavy atom. The van der Waals surface area contributed by atoms with Crippen molar-refractivity contribution in [3.05, 3.63) is 39.7 Å². The third-order valence-corrected chi connectivity index (χ3v) is 5.93. The second kappa shape index (κ2) is 5.82. The molecule has 4 heterocycles. The van der Waals surface area contributed by atoms with Crippen LogP contribution in [0.2, 0.25) is 0 Å². The molecule has 0 saturated carbocycles. The summed E-state index contributed by atoms with van der Waals surface area (Å²) in [6, 6.07) is 6.04. The molecular formula is C17H19N3OS. The summed E-state index contributed by atoms with van der Waals surface area (Å²) < 4.78 is 0. The molecule has 22 heavy (non-hydrogen) atoms. The molecule has 0 bridgehead atoms. The molecule has 114 valence electrons. The summed E-state index contributed by atoms with van der Waals surface area (Å²) in [5, 5.41) is 6.40. The number of rotatable bonds is 2. The van der Waals surface area contributed by atoms with Crippen molar-refractivity contribution in [2.24, 2.45) is 0 Å². The van der Waals surface area contributed by atoms with Gasteiger partial charge >= 0.3 is 0 Å². The number of piperidine rings is 1. The predicted octanol–water partition coefficient (Wildman–Crippen LogP) is 2.56. The van der Waals surface area contributed by atoms with Gasteiger partial charge in [0.1, 0.15) is 0 Å². The molecule has 2 aliphatic heterocycles. The van der Waals surface area contributed by atoms with Crippen LogP contribution in [0.3, 0.4) is 0 Å². The molecule has 1 fully saturated rings. The Morgan fingerprint density at radius 1 is 1.18 bits per heavy atom. The van der Waals surface area contributed by atoms with E-state index in [-0.39, 0.29) is 5.91 Å². The van der Waals surface area contributed by atoms with Gasteiger partial charge in [-0.1, -0.05) is 6.07 Å². The van der Waals surface area contributed by atoms with E-state index in [1.54, 1.807) is 11.3 Å². The van der Waals surface area contributed by atoms with Crippen molar-refractivity contribution in [1.29, 1.82) is 0 Å². The fourth-order valence-corrected chi connectivity index (χ4v) is 4.90. The SMILES string of the molecule is O=C1NCCc2c1sc(C1CCNCC1)c2-c1ccccn1. The van der Waals surface area contributed by atoms with Crippen molar-refractivity contribution >= 4 is 17.2 Å². The molecule has 2 aromatic heterocycles. The number of hydrogen-bond acceptors (Lipinski definition) is 4. The quantitative estimate of drug-likeness (QED) is 0.896. The van der Waals surface area contributed by atoms with Gasteiger partial charge < -0.3 is 10.6 Å². The maximum absolute atomic E-state index is 12.2. The fourth-order valence-electron chi connectivity index (χ4n) is 3.45. The zero-order valence-electron chi connectivity index (χ0n) is 12.4. The van der Waals surface area contributed by atoms with Crippen LogP contribution in [0.25, 0.3) is 11.3 Å². The molecule has 0 unspecified atom stereocenters. The van der Waals surface area contributed by atoms with Crippen LogP contribution in [0.1, 0.15) is 38.9 Å². The van der Waals surface area contributed by atoms with Crippen molar-refractivity contribution in [2.45, 2.75) is 25.2 Å². The Kier molecular flexibility index (Phi) is 3.68. The Hall–Kier alpha value is -1.72. The Balaban J connectivity index is 1.87. The van der Waals surface area contributed by atoms with E-state index in [9.17, 15) is 4.79 Å². The topological polar surface area (TPSA) is 54.0 Å². The van der Waals surface area contributed by atoms with Gasteiger partial charge in [0, 0.05) is 23.2 Å². The van der Waals surface area contributed by atoms with Crippen LogP contribution in [0.15, 0.2) is 24.4 Å². The minimum Gasteiger partial charge on any atom is -0.351 e. The first-order valence-corrected chi connectivity index (χ1v) is 8.72. The van der Waals surface area contributed by atoms with Crippen molar-refractivity contribution in [3.8, 4) is 11.3 Å². The molecular weight excluding hydrogens is 294 g/mol. The monoisotopic (exact) mass is 313 g/mol. The number of fused-ring (bicyclic) bond motifs is 1. The van der Waals surface area contributed by atoms with Gasteiger partial charge in [-0.15, -0.1) is 11.3 Å². The minimum absolute atomic E-state index is 0.0867. The van der Waals surface area contributed by atoms with Gasteiger partial charge in [0.15, 0.2) is 0 Å². The number of pyridine rings is 1. The van der Waals surface area contributed by atoms with E-state index in [4.69, 9.17) is 0 Å². The van der Waals surface area contributed by atoms with Crippen molar-refractivity contribution in [2.75, 3.05) is 19.6 Å². The van der Waals surface area contributed by atoms with Gasteiger partial charge in [-0.25, -0.2) is 0 Å². The summed E-state index contributed by atoms with van der Waals surface area (Å²) in [5.74, 6) is 0.630. The molecule has 0 atom stereocenters. The number of carbonyl (C=O) groups excluding carboxylic acids is 1. The number of thiophene rings is 1. The van der Waals surface area contributed by atoms with E-state index in [1.807, 2.05) is 18.3 Å². The van der Waals surface area contributed by atoms with Crippen molar-refractivity contribution in [1.82, 2.24) is 15.6 Å². The molecule has 4 nitrogen and oxygen atoms in total. The van der Waals surface area contributed by atoms with E-state index >= 15 is 0 Å². The molecule has 5 heteroatoms. The van der Waals surface area contributed by atoms with E-state index < -0.39 is 0 Å². The molecule has 0 aliphatic carbocycles. The lowest BCUT2D eigenvalue weighted by Gasteiger charge is -2.23. The summed E-state index contributed by atoms with van der Waals surface area (Å²) in [5.41, 5.74) is 3.46. The molecule has 2 aliphatic rings. The van der Waals surface area contributed by atoms with E-state index in [1.165, 1.54) is 16.0 Å². The summed E-state index contributed by atoms with van der Waals surface area (Å²) in [4.78, 5) is 19.1. The molecule has 1 amide bonds. The van der Waals surface area contributed by atoms with Crippen LogP contribution < -0.4 is 10.6 Å². The van der Waals surface area contributed by atoms with Gasteiger partial charge in [0.25, 0.3) is 5.91 Å². The third kappa shape index (κ3) is 2.34. The van der Waals surface area contributed by atoms with E-state index in [0.29, 0.717) is 5.92 Å². The molecule has 2 N–H and O–H groups in total. The number of amides is 1. The minimum atomic E-state index is 0.0867. The smallest absolute Gasteiger partial charge is 0.261 e. The number of aromatic nitrogens is 1. The van der Waals surface area contributed by atoms with Gasteiger partial charge in [0.05, 0.1) is 10.6 Å². The molecule has 0 radical (unpaired) electrons. The molecule has 4 rings (SSSR count). The second-order valence-corrected chi connectivity index (χ2v) is 6.95. The van der Waals surface area contributed by atoms with Gasteiger partial charge in [-0.05, 0) is 56.0 Å². The Morgan fingerprint density at radius 3 is 2.82 bits per heavy atom. The average Bonchev–Trinajstić information content (AvgIpc) is 2.97. The highest BCUT2D eigenvalue weighted by molar-refractivity contribution is 7.15. The first-order chi connectivity index (χ1) is 10.8. The Labute approximate surface area is 134 Å². The first-order valence-electron chi connectivity index (χ1n) is 7.90. The van der Waals surface area contributed by atoms with Crippen LogP contribution >= 0.6 is 11.3 Å². The predicted molar refractivity (Wildman–Crippen MR) is 88.4 cm³/mol. The highest BCUT2D eigenvalue weighted by Crippen LogP contribution is 2.43. The highest BCUT2D eigenvalue weighted by atomic mass is 32.1. The largest absolute Gasteiger partial charge is 0.351 e. The van der Waals surface area contributed by atoms with E-state index in [2.05, 4.69) is 21.7 Å². The van der Waals surface area contributed by atoms with Crippen LogP contribution in [0.5, 0.6) is 0 Å². The second-order valence-electron chi connectivity index (χ2n) is 5.89. The number of carbonyl (C=O) groups is 1. The van der Waals surface area contributed by atoms with Crippen LogP contribution in [-0.2, 0) is 6.42 Å². The van der Waals surface area contributed by atoms with Crippen LogP contribution in [-0.4, -0.2) is 30.5 Å². The molecule has 0 aromatic carbocycles. The summed E-state index contributed by atoms with van der Waals surface area (Å²) in [6.45, 7) is 2.84. The zero-order valence-corrected chi connectivity index (χ0v) is 13.2. The third-order valence-electron chi connectivity index (χ3n) is 4.53. The zero-order chi connectivity index (χ0) is 14.9. The molecule has 0 spiro atoms. The first kappa shape index (κ1) is 13.9. The van der Waals surface area contributed by atoms with Crippen LogP contribution in [0.4, 0.5) is 0 Å². The maximum atomic E-state index is 12.2. The van der Waals surface area contributed by atoms with Gasteiger partial charge in [0.2, 0.25) is 0 Å². The van der Waals surface area contributed by atoms with Gasteiger partial charge in [-0.2, -0.15) is 0 Å². The molecule has 1 saturated heterocycles. The lowest BCUT2D eigenvalue weighted by atomic mass is 9.90. The normalized spacial score (nSPS) is 18.8. The number of nitrogens with one attached hydrogen (secondary N) is 2. The number of nitrogens with zero attached hydrogens (tertiary/aromatic N) is 1. The van der Waals surface area contributed by atoms with E-state index in [0.717, 1.165) is 49.5 Å². The van der Waals surface area contributed by atoms with Crippen molar-refractivity contribution < 1.29 is 4.79 Å². The number of hydrogen-bond donors (Lipinski definition) is 2. The standard InChI is InChI=1S/C17H19N3OS/c21-17-16-12(6-10-20-17)14(13-3-1-2-7-19-13)15(22-16)11-4-8-18-9-5-11/h1-3,7,11,18H,4-6,8-10H2,(H,20,21). The summed E-state index contributed by atoms with van der Waals surface area (Å²) in [6.07, 6.45) is 5.03. The molecule has 2 aromatic rings. The average molecular weight is 313 g/mol. The summed E-state index contributed by atoms with van der Waals surface area (Å²) in [7, 11) is 0. The van der Waals surface area contributed by atoms with Gasteiger partial charge in [-0.3, -0.25) is 9.78 Å². The van der Waals surface area contributed by atoms with Crippen molar-refractivity contribution in [3.63, 3.8) is 0 Å². The van der Waals surface area contributed by atoms with Crippen LogP contribution in [0, 0.1) is 0 Å². The summed E-state index contributed by atoms with van der Waals surface area (Å²) >= 11 is 1.69. The lowest BCUT2D eigenvalue weighted by molar-refractivity contribution is 0.0950. The highest BCUT2D eigenvalue weighted by Gasteiger charge is 2.30. The fraction of sp³-hybridized carbons (Fsp3) is 0.412.